The van der Waals surface area contributed by atoms with Crippen LogP contribution in [0, 0.1) is 0 Å². The lowest BCUT2D eigenvalue weighted by Gasteiger charge is -2.24. The van der Waals surface area contributed by atoms with Crippen molar-refractivity contribution in [1.29, 1.82) is 0 Å². The third-order valence-electron chi connectivity index (χ3n) is 3.29. The molecule has 0 fully saturated rings. The van der Waals surface area contributed by atoms with E-state index in [4.69, 9.17) is 0 Å². The maximum absolute atomic E-state index is 12.5. The van der Waals surface area contributed by atoms with E-state index in [-0.39, 0.29) is 5.91 Å². The molecule has 21 heavy (non-hydrogen) atoms. The van der Waals surface area contributed by atoms with Crippen LogP contribution in [0.3, 0.4) is 0 Å². The fraction of sp³-hybridized carbons (Fsp3) is 0.353. The summed E-state index contributed by atoms with van der Waals surface area (Å²) >= 11 is 1.64. The van der Waals surface area contributed by atoms with Crippen molar-refractivity contribution in [2.24, 2.45) is 0 Å². The molecule has 0 spiro atoms. The molecule has 0 atom stereocenters. The van der Waals surface area contributed by atoms with Gasteiger partial charge in [-0.25, -0.2) is 0 Å². The van der Waals surface area contributed by atoms with Gasteiger partial charge in [0, 0.05) is 24.5 Å². The first-order chi connectivity index (χ1) is 10.1. The maximum Gasteiger partial charge on any atom is 0.228 e. The van der Waals surface area contributed by atoms with E-state index in [9.17, 15) is 4.79 Å². The first-order valence-corrected chi connectivity index (χ1v) is 8.02. The molecule has 1 heterocycles. The predicted octanol–water partition coefficient (Wildman–Crippen LogP) is 2.88. The van der Waals surface area contributed by atoms with E-state index in [1.165, 1.54) is 5.56 Å². The van der Waals surface area contributed by atoms with Gasteiger partial charge in [-0.2, -0.15) is 0 Å². The van der Waals surface area contributed by atoms with Crippen molar-refractivity contribution in [3.05, 3.63) is 58.3 Å². The van der Waals surface area contributed by atoms with Crippen molar-refractivity contribution in [3.63, 3.8) is 0 Å². The van der Waals surface area contributed by atoms with Crippen LogP contribution < -0.4 is 0 Å². The summed E-state index contributed by atoms with van der Waals surface area (Å²) in [5, 5.41) is 2.02. The molecule has 0 radical (unpaired) electrons. The quantitative estimate of drug-likeness (QED) is 0.785. The van der Waals surface area contributed by atoms with Gasteiger partial charge in [-0.15, -0.1) is 11.3 Å². The zero-order valence-corrected chi connectivity index (χ0v) is 13.5. The molecular weight excluding hydrogens is 280 g/mol. The Morgan fingerprint density at radius 1 is 1.05 bits per heavy atom. The molecule has 0 aliphatic carbocycles. The Morgan fingerprint density at radius 3 is 2.43 bits per heavy atom. The molecule has 0 aliphatic rings. The van der Waals surface area contributed by atoms with Crippen LogP contribution in [0.15, 0.2) is 47.8 Å². The highest BCUT2D eigenvalue weighted by atomic mass is 32.1. The number of benzene rings is 1. The van der Waals surface area contributed by atoms with Crippen LogP contribution in [0.2, 0.25) is 0 Å². The molecule has 0 saturated heterocycles. The van der Waals surface area contributed by atoms with Gasteiger partial charge in [-0.1, -0.05) is 36.4 Å². The Morgan fingerprint density at radius 2 is 1.81 bits per heavy atom. The number of nitrogens with zero attached hydrogens (tertiary/aromatic N) is 2. The lowest BCUT2D eigenvalue weighted by atomic mass is 10.2. The van der Waals surface area contributed by atoms with Gasteiger partial charge in [0.2, 0.25) is 5.91 Å². The standard InChI is InChI=1S/C17H22N2OS/c1-18(2)10-11-19(14-15-7-4-3-5-8-15)17(20)13-16-9-6-12-21-16/h3-9,12H,10-11,13-14H2,1-2H3. The van der Waals surface area contributed by atoms with Gasteiger partial charge >= 0.3 is 0 Å². The van der Waals surface area contributed by atoms with Crippen molar-refractivity contribution in [1.82, 2.24) is 9.80 Å². The number of likely N-dealkylation sites (N-methyl/N-ethyl adjacent to an activating group) is 1. The second kappa shape index (κ2) is 7.96. The Balaban J connectivity index is 2.02. The van der Waals surface area contributed by atoms with Gasteiger partial charge in [0.05, 0.1) is 6.42 Å². The number of amides is 1. The van der Waals surface area contributed by atoms with Crippen LogP contribution in [-0.2, 0) is 17.8 Å². The van der Waals surface area contributed by atoms with E-state index < -0.39 is 0 Å². The second-order valence-corrected chi connectivity index (χ2v) is 6.39. The summed E-state index contributed by atoms with van der Waals surface area (Å²) in [4.78, 5) is 17.7. The van der Waals surface area contributed by atoms with Crippen molar-refractivity contribution in [3.8, 4) is 0 Å². The van der Waals surface area contributed by atoms with Crippen LogP contribution in [0.25, 0.3) is 0 Å². The van der Waals surface area contributed by atoms with Gasteiger partial charge in [-0.05, 0) is 31.1 Å². The molecule has 0 bridgehead atoms. The summed E-state index contributed by atoms with van der Waals surface area (Å²) in [5.41, 5.74) is 1.18. The number of carbonyl (C=O) groups is 1. The number of carbonyl (C=O) groups excluding carboxylic acids is 1. The summed E-state index contributed by atoms with van der Waals surface area (Å²) in [6.45, 7) is 2.31. The highest BCUT2D eigenvalue weighted by Crippen LogP contribution is 2.12. The molecule has 112 valence electrons. The topological polar surface area (TPSA) is 23.6 Å². The maximum atomic E-state index is 12.5. The molecule has 1 amide bonds. The Labute approximate surface area is 130 Å². The van der Waals surface area contributed by atoms with E-state index >= 15 is 0 Å². The minimum absolute atomic E-state index is 0.197. The Bertz CT molecular complexity index is 537. The van der Waals surface area contributed by atoms with Crippen LogP contribution in [0.1, 0.15) is 10.4 Å². The summed E-state index contributed by atoms with van der Waals surface area (Å²) in [7, 11) is 4.06. The first kappa shape index (κ1) is 15.7. The van der Waals surface area contributed by atoms with Gasteiger partial charge in [-0.3, -0.25) is 4.79 Å². The van der Waals surface area contributed by atoms with Gasteiger partial charge in [0.25, 0.3) is 0 Å². The molecule has 0 unspecified atom stereocenters. The predicted molar refractivity (Wildman–Crippen MR) is 88.4 cm³/mol. The lowest BCUT2D eigenvalue weighted by molar-refractivity contribution is -0.131. The highest BCUT2D eigenvalue weighted by Gasteiger charge is 2.15. The lowest BCUT2D eigenvalue weighted by Crippen LogP contribution is -2.37. The average molecular weight is 302 g/mol. The number of hydrogen-bond acceptors (Lipinski definition) is 3. The Hall–Kier alpha value is -1.65. The largest absolute Gasteiger partial charge is 0.337 e. The molecule has 2 rings (SSSR count). The third kappa shape index (κ3) is 5.33. The van der Waals surface area contributed by atoms with Crippen molar-refractivity contribution in [2.75, 3.05) is 27.2 Å². The van der Waals surface area contributed by atoms with Gasteiger partial charge in [0.1, 0.15) is 0 Å². The smallest absolute Gasteiger partial charge is 0.228 e. The van der Waals surface area contributed by atoms with E-state index in [1.54, 1.807) is 11.3 Å². The van der Waals surface area contributed by atoms with Gasteiger partial charge in [0.15, 0.2) is 0 Å². The molecule has 4 heteroatoms. The van der Waals surface area contributed by atoms with E-state index in [2.05, 4.69) is 17.0 Å². The SMILES string of the molecule is CN(C)CCN(Cc1ccccc1)C(=O)Cc1cccs1. The fourth-order valence-electron chi connectivity index (χ4n) is 2.09. The third-order valence-corrected chi connectivity index (χ3v) is 4.17. The van der Waals surface area contributed by atoms with Crippen LogP contribution in [0.5, 0.6) is 0 Å². The van der Waals surface area contributed by atoms with Crippen molar-refractivity contribution in [2.45, 2.75) is 13.0 Å². The van der Waals surface area contributed by atoms with Crippen molar-refractivity contribution >= 4 is 17.2 Å². The molecule has 1 aromatic heterocycles. The molecule has 2 aromatic rings. The van der Waals surface area contributed by atoms with Crippen LogP contribution in [0.4, 0.5) is 0 Å². The number of hydrogen-bond donors (Lipinski definition) is 0. The van der Waals surface area contributed by atoms with E-state index in [0.29, 0.717) is 13.0 Å². The molecule has 0 aliphatic heterocycles. The molecule has 0 saturated carbocycles. The molecular formula is C17H22N2OS. The Kier molecular flexibility index (Phi) is 5.96. The number of rotatable bonds is 7. The minimum Gasteiger partial charge on any atom is -0.337 e. The molecule has 0 N–H and O–H groups in total. The zero-order valence-electron chi connectivity index (χ0n) is 12.7. The fourth-order valence-corrected chi connectivity index (χ4v) is 2.79. The normalized spacial score (nSPS) is 10.8. The summed E-state index contributed by atoms with van der Waals surface area (Å²) in [5.74, 6) is 0.197. The summed E-state index contributed by atoms with van der Waals surface area (Å²) in [6.07, 6.45) is 0.498. The van der Waals surface area contributed by atoms with Crippen LogP contribution in [-0.4, -0.2) is 42.9 Å². The van der Waals surface area contributed by atoms with E-state index in [0.717, 1.165) is 18.0 Å². The average Bonchev–Trinajstić information content (AvgIpc) is 2.97. The zero-order chi connectivity index (χ0) is 15.1. The molecule has 1 aromatic carbocycles. The van der Waals surface area contributed by atoms with E-state index in [1.807, 2.05) is 54.7 Å². The van der Waals surface area contributed by atoms with Gasteiger partial charge < -0.3 is 9.80 Å². The first-order valence-electron chi connectivity index (χ1n) is 7.14. The number of thiophene rings is 1. The second-order valence-electron chi connectivity index (χ2n) is 5.36. The van der Waals surface area contributed by atoms with Crippen LogP contribution >= 0.6 is 11.3 Å². The minimum atomic E-state index is 0.197. The molecule has 3 nitrogen and oxygen atoms in total. The highest BCUT2D eigenvalue weighted by molar-refractivity contribution is 7.10. The van der Waals surface area contributed by atoms with Crippen molar-refractivity contribution < 1.29 is 4.79 Å². The monoisotopic (exact) mass is 302 g/mol. The summed E-state index contributed by atoms with van der Waals surface area (Å²) < 4.78 is 0. The summed E-state index contributed by atoms with van der Waals surface area (Å²) in [6, 6.07) is 14.2.